The van der Waals surface area contributed by atoms with Crippen molar-refractivity contribution in [1.82, 2.24) is 10.2 Å². The molecule has 0 aliphatic heterocycles. The van der Waals surface area contributed by atoms with Gasteiger partial charge < -0.3 is 15.0 Å². The van der Waals surface area contributed by atoms with Gasteiger partial charge in [0.05, 0.1) is 19.1 Å². The van der Waals surface area contributed by atoms with E-state index in [2.05, 4.69) is 5.32 Å². The lowest BCUT2D eigenvalue weighted by molar-refractivity contribution is -0.140. The molecule has 10 heteroatoms. The molecule has 0 unspecified atom stereocenters. The van der Waals surface area contributed by atoms with Crippen molar-refractivity contribution in [3.63, 3.8) is 0 Å². The standard InChI is InChI=1S/C25H34ClN3O5S/c1-6-23(25(31)27-15-18(2)3)28(16-19-9-7-8-10-22(19)26)24(30)17-29(35(5,32)33)20-11-13-21(34-4)14-12-20/h7-14,18,23H,6,15-17H2,1-5H3,(H,27,31)/t23-/m0/s1. The molecule has 0 saturated carbocycles. The number of ether oxygens (including phenoxy) is 1. The van der Waals surface area contributed by atoms with Gasteiger partial charge in [-0.3, -0.25) is 13.9 Å². The molecule has 192 valence electrons. The molecule has 0 fully saturated rings. The van der Waals surface area contributed by atoms with E-state index in [0.717, 1.165) is 10.6 Å². The van der Waals surface area contributed by atoms with Crippen LogP contribution in [0.15, 0.2) is 48.5 Å². The van der Waals surface area contributed by atoms with Crippen molar-refractivity contribution in [3.05, 3.63) is 59.1 Å². The van der Waals surface area contributed by atoms with E-state index in [1.807, 2.05) is 20.8 Å². The molecule has 2 aromatic rings. The van der Waals surface area contributed by atoms with Crippen LogP contribution in [0.4, 0.5) is 5.69 Å². The molecular weight excluding hydrogens is 490 g/mol. The van der Waals surface area contributed by atoms with Crippen LogP contribution in [0.3, 0.4) is 0 Å². The van der Waals surface area contributed by atoms with Crippen LogP contribution >= 0.6 is 11.6 Å². The van der Waals surface area contributed by atoms with Gasteiger partial charge in [-0.2, -0.15) is 0 Å². The Morgan fingerprint density at radius 3 is 2.23 bits per heavy atom. The summed E-state index contributed by atoms with van der Waals surface area (Å²) in [5, 5.41) is 3.34. The molecular formula is C25H34ClN3O5S. The Balaban J connectivity index is 2.42. The Labute approximate surface area is 213 Å². The zero-order valence-electron chi connectivity index (χ0n) is 20.8. The maximum Gasteiger partial charge on any atom is 0.244 e. The molecule has 0 radical (unpaired) electrons. The van der Waals surface area contributed by atoms with Crippen molar-refractivity contribution in [2.75, 3.05) is 30.8 Å². The van der Waals surface area contributed by atoms with Gasteiger partial charge in [-0.25, -0.2) is 8.42 Å². The number of sulfonamides is 1. The molecule has 0 aliphatic carbocycles. The third-order valence-electron chi connectivity index (χ3n) is 5.41. The van der Waals surface area contributed by atoms with Gasteiger partial charge in [-0.15, -0.1) is 0 Å². The van der Waals surface area contributed by atoms with Crippen LogP contribution < -0.4 is 14.4 Å². The van der Waals surface area contributed by atoms with E-state index in [9.17, 15) is 18.0 Å². The zero-order chi connectivity index (χ0) is 26.2. The summed E-state index contributed by atoms with van der Waals surface area (Å²) in [6.07, 6.45) is 1.39. The number of nitrogens with one attached hydrogen (secondary N) is 1. The number of hydrogen-bond acceptors (Lipinski definition) is 5. The maximum atomic E-state index is 13.6. The van der Waals surface area contributed by atoms with Crippen LogP contribution in [-0.4, -0.2) is 57.6 Å². The van der Waals surface area contributed by atoms with Crippen molar-refractivity contribution < 1.29 is 22.7 Å². The average Bonchev–Trinajstić information content (AvgIpc) is 2.81. The highest BCUT2D eigenvalue weighted by Gasteiger charge is 2.32. The van der Waals surface area contributed by atoms with Gasteiger partial charge in [0.2, 0.25) is 21.8 Å². The molecule has 1 atom stereocenters. The number of halogens is 1. The van der Waals surface area contributed by atoms with Gasteiger partial charge in [-0.05, 0) is 48.2 Å². The number of anilines is 1. The van der Waals surface area contributed by atoms with Crippen LogP contribution in [-0.2, 0) is 26.2 Å². The van der Waals surface area contributed by atoms with Crippen molar-refractivity contribution in [3.8, 4) is 5.75 Å². The molecule has 0 bridgehead atoms. The smallest absolute Gasteiger partial charge is 0.244 e. The third-order valence-corrected chi connectivity index (χ3v) is 6.92. The molecule has 1 N–H and O–H groups in total. The van der Waals surface area contributed by atoms with Crippen molar-refractivity contribution in [2.45, 2.75) is 39.8 Å². The third kappa shape index (κ3) is 8.14. The average molecular weight is 524 g/mol. The summed E-state index contributed by atoms with van der Waals surface area (Å²) >= 11 is 6.35. The Hall–Kier alpha value is -2.78. The second kappa shape index (κ2) is 12.8. The number of amides is 2. The second-order valence-corrected chi connectivity index (χ2v) is 11.0. The lowest BCUT2D eigenvalue weighted by Crippen LogP contribution is -2.52. The monoisotopic (exact) mass is 523 g/mol. The summed E-state index contributed by atoms with van der Waals surface area (Å²) < 4.78 is 31.4. The molecule has 0 spiro atoms. The first-order chi connectivity index (χ1) is 16.5. The summed E-state index contributed by atoms with van der Waals surface area (Å²) in [5.41, 5.74) is 0.977. The number of nitrogens with zero attached hydrogens (tertiary/aromatic N) is 2. The summed E-state index contributed by atoms with van der Waals surface area (Å²) in [5.74, 6) is -0.0172. The van der Waals surface area contributed by atoms with Crippen LogP contribution in [0, 0.1) is 5.92 Å². The summed E-state index contributed by atoms with van der Waals surface area (Å²) in [7, 11) is -2.29. The van der Waals surface area contributed by atoms with Crippen LogP contribution in [0.1, 0.15) is 32.8 Å². The Kier molecular flexibility index (Phi) is 10.4. The molecule has 0 aliphatic rings. The summed E-state index contributed by atoms with van der Waals surface area (Å²) in [4.78, 5) is 28.1. The molecule has 8 nitrogen and oxygen atoms in total. The number of benzene rings is 2. The molecule has 35 heavy (non-hydrogen) atoms. The minimum Gasteiger partial charge on any atom is -0.497 e. The van der Waals surface area contributed by atoms with E-state index in [1.54, 1.807) is 48.5 Å². The minimum absolute atomic E-state index is 0.0618. The van der Waals surface area contributed by atoms with E-state index in [-0.39, 0.29) is 18.4 Å². The minimum atomic E-state index is -3.80. The fourth-order valence-electron chi connectivity index (χ4n) is 3.51. The van der Waals surface area contributed by atoms with Gasteiger partial charge in [0.1, 0.15) is 18.3 Å². The molecule has 0 aromatic heterocycles. The van der Waals surface area contributed by atoms with Gasteiger partial charge in [-0.1, -0.05) is 50.6 Å². The first-order valence-electron chi connectivity index (χ1n) is 11.4. The van der Waals surface area contributed by atoms with Crippen molar-refractivity contribution in [1.29, 1.82) is 0 Å². The van der Waals surface area contributed by atoms with Gasteiger partial charge >= 0.3 is 0 Å². The molecule has 0 saturated heterocycles. The maximum absolute atomic E-state index is 13.6. The number of carbonyl (C=O) groups is 2. The quantitative estimate of drug-likeness (QED) is 0.457. The van der Waals surface area contributed by atoms with E-state index in [4.69, 9.17) is 16.3 Å². The van der Waals surface area contributed by atoms with E-state index >= 15 is 0 Å². The van der Waals surface area contributed by atoms with Crippen molar-refractivity contribution >= 4 is 39.1 Å². The Morgan fingerprint density at radius 1 is 1.09 bits per heavy atom. The zero-order valence-corrected chi connectivity index (χ0v) is 22.4. The van der Waals surface area contributed by atoms with Crippen LogP contribution in [0.5, 0.6) is 5.75 Å². The first-order valence-corrected chi connectivity index (χ1v) is 13.6. The van der Waals surface area contributed by atoms with Gasteiger partial charge in [0.15, 0.2) is 0 Å². The van der Waals surface area contributed by atoms with E-state index in [0.29, 0.717) is 35.0 Å². The molecule has 0 heterocycles. The molecule has 2 aromatic carbocycles. The predicted octanol–water partition coefficient (Wildman–Crippen LogP) is 3.69. The predicted molar refractivity (Wildman–Crippen MR) is 139 cm³/mol. The van der Waals surface area contributed by atoms with Crippen LogP contribution in [0.25, 0.3) is 0 Å². The largest absolute Gasteiger partial charge is 0.497 e. The first kappa shape index (κ1) is 28.5. The normalized spacial score (nSPS) is 12.2. The fourth-order valence-corrected chi connectivity index (χ4v) is 4.56. The highest BCUT2D eigenvalue weighted by atomic mass is 35.5. The Morgan fingerprint density at radius 2 is 1.71 bits per heavy atom. The molecule has 2 amide bonds. The highest BCUT2D eigenvalue weighted by molar-refractivity contribution is 7.92. The number of carbonyl (C=O) groups excluding carboxylic acids is 2. The Bertz CT molecular complexity index is 1110. The summed E-state index contributed by atoms with van der Waals surface area (Å²) in [6, 6.07) is 12.6. The van der Waals surface area contributed by atoms with E-state index in [1.165, 1.54) is 12.0 Å². The van der Waals surface area contributed by atoms with Gasteiger partial charge in [0, 0.05) is 18.1 Å². The fraction of sp³-hybridized carbons (Fsp3) is 0.440. The van der Waals surface area contributed by atoms with Gasteiger partial charge in [0.25, 0.3) is 0 Å². The van der Waals surface area contributed by atoms with Crippen LogP contribution in [0.2, 0.25) is 5.02 Å². The number of methoxy groups -OCH3 is 1. The molecule has 2 rings (SSSR count). The lowest BCUT2D eigenvalue weighted by Gasteiger charge is -2.33. The number of hydrogen-bond donors (Lipinski definition) is 1. The van der Waals surface area contributed by atoms with Crippen molar-refractivity contribution in [2.24, 2.45) is 5.92 Å². The second-order valence-electron chi connectivity index (χ2n) is 8.64. The van der Waals surface area contributed by atoms with E-state index < -0.39 is 28.5 Å². The highest BCUT2D eigenvalue weighted by Crippen LogP contribution is 2.24. The number of rotatable bonds is 12. The topological polar surface area (TPSA) is 96.0 Å². The summed E-state index contributed by atoms with van der Waals surface area (Å²) in [6.45, 7) is 5.82. The SMILES string of the molecule is CC[C@@H](C(=O)NCC(C)C)N(Cc1ccccc1Cl)C(=O)CN(c1ccc(OC)cc1)S(C)(=O)=O. The lowest BCUT2D eigenvalue weighted by atomic mass is 10.1.